The molecule has 82 heavy (non-hydrogen) atoms. The molecule has 2 aliphatic heterocycles. The number of hydrogen-bond acceptors (Lipinski definition) is 20. The topological polar surface area (TPSA) is 254 Å². The lowest BCUT2D eigenvalue weighted by atomic mass is 9.89. The number of ether oxygens (including phenoxy) is 10. The summed E-state index contributed by atoms with van der Waals surface area (Å²) in [7, 11) is 9.18. The maximum Gasteiger partial charge on any atom is 0.227 e. The van der Waals surface area contributed by atoms with Crippen molar-refractivity contribution >= 4 is 23.4 Å². The molecule has 22 nitrogen and oxygen atoms in total. The lowest BCUT2D eigenvalue weighted by molar-refractivity contribution is -0.132. The molecular weight excluding hydrogens is 1060 g/mol. The monoisotopic (exact) mass is 1150 g/mol. The van der Waals surface area contributed by atoms with Gasteiger partial charge in [-0.2, -0.15) is 0 Å². The number of carbonyl (C=O) groups is 4. The molecule has 6 rings (SSSR count). The molecule has 4 aromatic rings. The SMILES string of the molecule is CCc1c(O)cc(O)c(C(=O)c2ccc(OCCN3CCOCC3)c(OC)c2)c1CC(=O)N(CCOC)CCOC.CCc1c(O)cc(O)c(C(=O)c2ccc(OCCN3CCOCC3)c(OC)c2)c1CC(=O)N(CCOC)CCOC. The molecule has 0 spiro atoms. The van der Waals surface area contributed by atoms with Gasteiger partial charge in [0.1, 0.15) is 36.2 Å². The molecular formula is C60H84N4O18. The van der Waals surface area contributed by atoms with Crippen molar-refractivity contribution in [2.45, 2.75) is 39.5 Å². The van der Waals surface area contributed by atoms with Crippen LogP contribution in [-0.4, -0.2) is 238 Å². The molecule has 2 amide bonds. The second kappa shape index (κ2) is 34.6. The molecule has 2 heterocycles. The van der Waals surface area contributed by atoms with Crippen molar-refractivity contribution in [1.82, 2.24) is 19.6 Å². The molecule has 0 aromatic heterocycles. The largest absolute Gasteiger partial charge is 0.508 e. The minimum absolute atomic E-state index is 0.0329. The average Bonchev–Trinajstić information content (AvgIpc) is 3.68. The smallest absolute Gasteiger partial charge is 0.227 e. The number of methoxy groups -OCH3 is 6. The summed E-state index contributed by atoms with van der Waals surface area (Å²) in [6.45, 7) is 14.8. The van der Waals surface area contributed by atoms with Crippen LogP contribution in [0.3, 0.4) is 0 Å². The highest BCUT2D eigenvalue weighted by Gasteiger charge is 2.30. The second-order valence-electron chi connectivity index (χ2n) is 19.3. The van der Waals surface area contributed by atoms with Crippen molar-refractivity contribution < 1.29 is 87.0 Å². The van der Waals surface area contributed by atoms with Crippen LogP contribution >= 0.6 is 0 Å². The van der Waals surface area contributed by atoms with Gasteiger partial charge in [0.05, 0.1) is 91.0 Å². The molecule has 0 bridgehead atoms. The summed E-state index contributed by atoms with van der Waals surface area (Å²) in [6.07, 6.45) is 0.313. The lowest BCUT2D eigenvalue weighted by Gasteiger charge is -2.26. The van der Waals surface area contributed by atoms with Gasteiger partial charge in [-0.25, -0.2) is 0 Å². The molecule has 2 saturated heterocycles. The molecule has 2 aliphatic rings. The summed E-state index contributed by atoms with van der Waals surface area (Å²) in [5.41, 5.74) is 1.84. The minimum atomic E-state index is -0.501. The van der Waals surface area contributed by atoms with Crippen molar-refractivity contribution in [3.8, 4) is 46.0 Å². The number of benzene rings is 4. The number of phenols is 4. The van der Waals surface area contributed by atoms with Crippen LogP contribution in [0.4, 0.5) is 0 Å². The number of amides is 2. The first-order chi connectivity index (χ1) is 39.7. The Morgan fingerprint density at radius 3 is 1.11 bits per heavy atom. The first-order valence-electron chi connectivity index (χ1n) is 27.6. The third kappa shape index (κ3) is 18.6. The zero-order valence-electron chi connectivity index (χ0n) is 48.9. The van der Waals surface area contributed by atoms with Gasteiger partial charge in [0, 0.05) is 117 Å². The fraction of sp³-hybridized carbons (Fsp3) is 0.533. The second-order valence-corrected chi connectivity index (χ2v) is 19.3. The van der Waals surface area contributed by atoms with E-state index in [1.165, 1.54) is 14.2 Å². The van der Waals surface area contributed by atoms with Crippen LogP contribution in [0.1, 0.15) is 67.9 Å². The minimum Gasteiger partial charge on any atom is -0.508 e. The molecule has 22 heteroatoms. The van der Waals surface area contributed by atoms with Gasteiger partial charge < -0.3 is 77.6 Å². The summed E-state index contributed by atoms with van der Waals surface area (Å²) in [6, 6.07) is 11.9. The van der Waals surface area contributed by atoms with E-state index in [0.717, 1.165) is 51.4 Å². The van der Waals surface area contributed by atoms with Crippen molar-refractivity contribution in [2.75, 3.05) is 174 Å². The van der Waals surface area contributed by atoms with Crippen LogP contribution < -0.4 is 18.9 Å². The number of phenolic OH excluding ortho intramolecular Hbond substituents is 4. The van der Waals surface area contributed by atoms with Crippen molar-refractivity contribution in [3.05, 3.63) is 93.0 Å². The maximum absolute atomic E-state index is 13.8. The molecule has 4 aromatic carbocycles. The maximum atomic E-state index is 13.8. The van der Waals surface area contributed by atoms with Crippen LogP contribution in [0.2, 0.25) is 0 Å². The van der Waals surface area contributed by atoms with Crippen molar-refractivity contribution in [2.24, 2.45) is 0 Å². The van der Waals surface area contributed by atoms with E-state index in [1.807, 2.05) is 13.8 Å². The van der Waals surface area contributed by atoms with Crippen LogP contribution in [0.25, 0.3) is 0 Å². The predicted octanol–water partition coefficient (Wildman–Crippen LogP) is 4.55. The Morgan fingerprint density at radius 2 is 0.805 bits per heavy atom. The summed E-state index contributed by atoms with van der Waals surface area (Å²) in [5, 5.41) is 42.9. The molecule has 452 valence electrons. The first-order valence-corrected chi connectivity index (χ1v) is 27.6. The summed E-state index contributed by atoms with van der Waals surface area (Å²) in [5.74, 6) is -1.01. The number of hydrogen-bond donors (Lipinski definition) is 4. The van der Waals surface area contributed by atoms with Gasteiger partial charge in [-0.3, -0.25) is 29.0 Å². The predicted molar refractivity (Wildman–Crippen MR) is 305 cm³/mol. The fourth-order valence-electron chi connectivity index (χ4n) is 9.60. The fourth-order valence-corrected chi connectivity index (χ4v) is 9.60. The van der Waals surface area contributed by atoms with Gasteiger partial charge >= 0.3 is 0 Å². The Labute approximate surface area is 481 Å². The molecule has 0 saturated carbocycles. The molecule has 0 aliphatic carbocycles. The van der Waals surface area contributed by atoms with E-state index in [0.29, 0.717) is 139 Å². The summed E-state index contributed by atoms with van der Waals surface area (Å²) >= 11 is 0. The van der Waals surface area contributed by atoms with Crippen LogP contribution in [-0.2, 0) is 63.7 Å². The van der Waals surface area contributed by atoms with Gasteiger partial charge in [0.25, 0.3) is 0 Å². The van der Waals surface area contributed by atoms with Crippen molar-refractivity contribution in [1.29, 1.82) is 0 Å². The Hall–Kier alpha value is -6.76. The molecule has 0 atom stereocenters. The van der Waals surface area contributed by atoms with E-state index in [9.17, 15) is 39.6 Å². The van der Waals surface area contributed by atoms with E-state index < -0.39 is 23.1 Å². The molecule has 0 unspecified atom stereocenters. The van der Waals surface area contributed by atoms with Gasteiger partial charge in [0.2, 0.25) is 11.8 Å². The summed E-state index contributed by atoms with van der Waals surface area (Å²) < 4.78 is 54.2. The van der Waals surface area contributed by atoms with Crippen LogP contribution in [0.15, 0.2) is 48.5 Å². The number of carbonyl (C=O) groups excluding carboxylic acids is 4. The van der Waals surface area contributed by atoms with Gasteiger partial charge in [-0.05, 0) is 71.5 Å². The summed E-state index contributed by atoms with van der Waals surface area (Å²) in [4.78, 5) is 62.1. The van der Waals surface area contributed by atoms with E-state index >= 15 is 0 Å². The number of aromatic hydroxyl groups is 4. The molecule has 0 radical (unpaired) electrons. The Morgan fingerprint density at radius 1 is 0.463 bits per heavy atom. The average molecular weight is 1150 g/mol. The number of nitrogens with zero attached hydrogens (tertiary/aromatic N) is 4. The number of morpholine rings is 2. The Kier molecular flexibility index (Phi) is 27.9. The normalized spacial score (nSPS) is 13.7. The zero-order valence-corrected chi connectivity index (χ0v) is 48.9. The molecule has 4 N–H and O–H groups in total. The molecule has 2 fully saturated rings. The number of ketones is 2. The standard InChI is InChI=1S/2C30H42N2O9/c2*1-5-22-23(19-28(35)32(11-13-37-2)12-14-38-3)29(25(34)20-24(22)33)30(36)21-6-7-26(27(18-21)39-4)41-17-10-31-8-15-40-16-9-31/h2*6-7,18,20,33-34H,5,8-17,19H2,1-4H3. The van der Waals surface area contributed by atoms with Gasteiger partial charge in [-0.1, -0.05) is 13.8 Å². The zero-order chi connectivity index (χ0) is 59.6. The highest BCUT2D eigenvalue weighted by atomic mass is 16.5. The first kappa shape index (κ1) is 66.0. The van der Waals surface area contributed by atoms with E-state index in [4.69, 9.17) is 47.4 Å². The number of rotatable bonds is 32. The Bertz CT molecular complexity index is 2500. The third-order valence-electron chi connectivity index (χ3n) is 14.2. The van der Waals surface area contributed by atoms with Gasteiger partial charge in [0.15, 0.2) is 34.6 Å². The van der Waals surface area contributed by atoms with Gasteiger partial charge in [-0.15, -0.1) is 0 Å². The van der Waals surface area contributed by atoms with Crippen molar-refractivity contribution in [3.63, 3.8) is 0 Å². The highest BCUT2D eigenvalue weighted by molar-refractivity contribution is 6.13. The third-order valence-corrected chi connectivity index (χ3v) is 14.2. The highest BCUT2D eigenvalue weighted by Crippen LogP contribution is 2.39. The van der Waals surface area contributed by atoms with Crippen LogP contribution in [0, 0.1) is 0 Å². The lowest BCUT2D eigenvalue weighted by Crippen LogP contribution is -2.38. The van der Waals surface area contributed by atoms with E-state index in [1.54, 1.807) is 74.6 Å². The van der Waals surface area contributed by atoms with Crippen LogP contribution in [0.5, 0.6) is 46.0 Å². The van der Waals surface area contributed by atoms with E-state index in [2.05, 4.69) is 9.80 Å². The quantitative estimate of drug-likeness (QED) is 0.0489. The van der Waals surface area contributed by atoms with E-state index in [-0.39, 0.29) is 69.5 Å². The Balaban J connectivity index is 0.000000301.